The van der Waals surface area contributed by atoms with Crippen LogP contribution in [-0.2, 0) is 0 Å². The normalized spacial score (nSPS) is 11.9. The van der Waals surface area contributed by atoms with Crippen molar-refractivity contribution < 1.29 is 9.53 Å². The van der Waals surface area contributed by atoms with Gasteiger partial charge in [-0.25, -0.2) is 0 Å². The highest BCUT2D eigenvalue weighted by atomic mass is 16.5. The molecular weight excluding hydrogens is 248 g/mol. The van der Waals surface area contributed by atoms with Gasteiger partial charge in [-0.1, -0.05) is 38.5 Å². The first-order valence-electron chi connectivity index (χ1n) is 7.08. The van der Waals surface area contributed by atoms with Gasteiger partial charge in [-0.05, 0) is 42.8 Å². The summed E-state index contributed by atoms with van der Waals surface area (Å²) in [7, 11) is 0. The van der Waals surface area contributed by atoms with E-state index >= 15 is 0 Å². The first-order chi connectivity index (χ1) is 9.70. The second kappa shape index (κ2) is 6.90. The largest absolute Gasteiger partial charge is 0.457 e. The molecule has 0 fully saturated rings. The maximum atomic E-state index is 12.2. The zero-order chi connectivity index (χ0) is 14.4. The molecule has 0 bridgehead atoms. The standard InChI is InChI=1S/C18H20O2/c1-3-7-14(2)18(19)15-10-12-17(13-11-15)20-16-8-5-4-6-9-16/h4-6,8-14H,3,7H2,1-2H3. The Morgan fingerprint density at radius 3 is 2.20 bits per heavy atom. The summed E-state index contributed by atoms with van der Waals surface area (Å²) in [5.74, 6) is 1.83. The topological polar surface area (TPSA) is 26.3 Å². The Morgan fingerprint density at radius 1 is 1.00 bits per heavy atom. The van der Waals surface area contributed by atoms with E-state index in [0.717, 1.165) is 29.9 Å². The van der Waals surface area contributed by atoms with Crippen molar-refractivity contribution >= 4 is 5.78 Å². The summed E-state index contributed by atoms with van der Waals surface area (Å²) >= 11 is 0. The van der Waals surface area contributed by atoms with Gasteiger partial charge in [0.15, 0.2) is 5.78 Å². The Hall–Kier alpha value is -2.09. The predicted octanol–water partition coefficient (Wildman–Crippen LogP) is 5.10. The maximum Gasteiger partial charge on any atom is 0.165 e. The molecule has 1 unspecified atom stereocenters. The zero-order valence-corrected chi connectivity index (χ0v) is 12.0. The van der Waals surface area contributed by atoms with Gasteiger partial charge in [0.05, 0.1) is 0 Å². The third kappa shape index (κ3) is 3.70. The van der Waals surface area contributed by atoms with Crippen LogP contribution in [0.4, 0.5) is 0 Å². The number of hydrogen-bond donors (Lipinski definition) is 0. The molecular formula is C18H20O2. The Kier molecular flexibility index (Phi) is 4.94. The SMILES string of the molecule is CCCC(C)C(=O)c1ccc(Oc2ccccc2)cc1. The minimum atomic E-state index is 0.0842. The first-order valence-corrected chi connectivity index (χ1v) is 7.08. The summed E-state index contributed by atoms with van der Waals surface area (Å²) in [4.78, 5) is 12.2. The second-order valence-corrected chi connectivity index (χ2v) is 4.99. The number of ether oxygens (including phenoxy) is 1. The highest BCUT2D eigenvalue weighted by Gasteiger charge is 2.14. The molecule has 2 aromatic carbocycles. The van der Waals surface area contributed by atoms with Crippen molar-refractivity contribution in [3.63, 3.8) is 0 Å². The van der Waals surface area contributed by atoms with E-state index < -0.39 is 0 Å². The van der Waals surface area contributed by atoms with E-state index in [-0.39, 0.29) is 11.7 Å². The summed E-state index contributed by atoms with van der Waals surface area (Å²) in [6, 6.07) is 17.0. The van der Waals surface area contributed by atoms with E-state index in [0.29, 0.717) is 0 Å². The molecule has 2 heteroatoms. The molecule has 0 spiro atoms. The smallest absolute Gasteiger partial charge is 0.165 e. The minimum absolute atomic E-state index is 0.0842. The van der Waals surface area contributed by atoms with Crippen LogP contribution in [-0.4, -0.2) is 5.78 Å². The van der Waals surface area contributed by atoms with Crippen LogP contribution < -0.4 is 4.74 Å². The van der Waals surface area contributed by atoms with Crippen LogP contribution in [0.3, 0.4) is 0 Å². The maximum absolute atomic E-state index is 12.2. The Labute approximate surface area is 120 Å². The van der Waals surface area contributed by atoms with Crippen LogP contribution in [0.15, 0.2) is 54.6 Å². The molecule has 2 rings (SSSR count). The Balaban J connectivity index is 2.05. The molecule has 20 heavy (non-hydrogen) atoms. The van der Waals surface area contributed by atoms with E-state index in [2.05, 4.69) is 6.92 Å². The molecule has 0 radical (unpaired) electrons. The van der Waals surface area contributed by atoms with Crippen molar-refractivity contribution in [1.29, 1.82) is 0 Å². The summed E-state index contributed by atoms with van der Waals surface area (Å²) in [6.07, 6.45) is 1.96. The Bertz CT molecular complexity index is 543. The van der Waals surface area contributed by atoms with Gasteiger partial charge in [0.25, 0.3) is 0 Å². The van der Waals surface area contributed by atoms with E-state index in [1.54, 1.807) is 0 Å². The number of rotatable bonds is 6. The van der Waals surface area contributed by atoms with Crippen LogP contribution in [0.5, 0.6) is 11.5 Å². The average molecular weight is 268 g/mol. The fourth-order valence-corrected chi connectivity index (χ4v) is 2.16. The monoisotopic (exact) mass is 268 g/mol. The lowest BCUT2D eigenvalue weighted by atomic mass is 9.95. The summed E-state index contributed by atoms with van der Waals surface area (Å²) < 4.78 is 5.71. The molecule has 0 aromatic heterocycles. The molecule has 0 heterocycles. The van der Waals surface area contributed by atoms with Crippen molar-refractivity contribution in [2.75, 3.05) is 0 Å². The lowest BCUT2D eigenvalue weighted by molar-refractivity contribution is 0.0923. The average Bonchev–Trinajstić information content (AvgIpc) is 2.48. The van der Waals surface area contributed by atoms with E-state index in [1.807, 2.05) is 61.5 Å². The molecule has 0 amide bonds. The van der Waals surface area contributed by atoms with E-state index in [4.69, 9.17) is 4.74 Å². The van der Waals surface area contributed by atoms with Gasteiger partial charge >= 0.3 is 0 Å². The highest BCUT2D eigenvalue weighted by molar-refractivity contribution is 5.97. The quantitative estimate of drug-likeness (QED) is 0.681. The number of para-hydroxylation sites is 1. The van der Waals surface area contributed by atoms with Gasteiger partial charge in [-0.3, -0.25) is 4.79 Å². The molecule has 0 aliphatic heterocycles. The minimum Gasteiger partial charge on any atom is -0.457 e. The van der Waals surface area contributed by atoms with Gasteiger partial charge in [0.1, 0.15) is 11.5 Å². The molecule has 0 saturated heterocycles. The van der Waals surface area contributed by atoms with Crippen molar-refractivity contribution in [3.05, 3.63) is 60.2 Å². The van der Waals surface area contributed by atoms with Crippen LogP contribution in [0, 0.1) is 5.92 Å². The highest BCUT2D eigenvalue weighted by Crippen LogP contribution is 2.22. The second-order valence-electron chi connectivity index (χ2n) is 4.99. The van der Waals surface area contributed by atoms with Gasteiger partial charge < -0.3 is 4.74 Å². The van der Waals surface area contributed by atoms with Crippen LogP contribution in [0.2, 0.25) is 0 Å². The van der Waals surface area contributed by atoms with E-state index in [1.165, 1.54) is 0 Å². The van der Waals surface area contributed by atoms with Crippen molar-refractivity contribution in [2.24, 2.45) is 5.92 Å². The van der Waals surface area contributed by atoms with Crippen LogP contribution >= 0.6 is 0 Å². The number of hydrogen-bond acceptors (Lipinski definition) is 2. The molecule has 104 valence electrons. The van der Waals surface area contributed by atoms with Crippen LogP contribution in [0.25, 0.3) is 0 Å². The number of benzene rings is 2. The van der Waals surface area contributed by atoms with Crippen molar-refractivity contribution in [1.82, 2.24) is 0 Å². The number of carbonyl (C=O) groups is 1. The molecule has 1 atom stereocenters. The molecule has 0 N–H and O–H groups in total. The summed E-state index contributed by atoms with van der Waals surface area (Å²) in [5, 5.41) is 0. The van der Waals surface area contributed by atoms with Gasteiger partial charge in [-0.15, -0.1) is 0 Å². The first kappa shape index (κ1) is 14.3. The predicted molar refractivity (Wildman–Crippen MR) is 81.4 cm³/mol. The summed E-state index contributed by atoms with van der Waals surface area (Å²) in [6.45, 7) is 4.08. The van der Waals surface area contributed by atoms with Gasteiger partial charge in [-0.2, -0.15) is 0 Å². The van der Waals surface area contributed by atoms with Crippen molar-refractivity contribution in [2.45, 2.75) is 26.7 Å². The molecule has 0 aliphatic rings. The fraction of sp³-hybridized carbons (Fsp3) is 0.278. The molecule has 0 saturated carbocycles. The third-order valence-electron chi connectivity index (χ3n) is 3.29. The molecule has 2 nitrogen and oxygen atoms in total. The van der Waals surface area contributed by atoms with Gasteiger partial charge in [0.2, 0.25) is 0 Å². The number of ketones is 1. The lowest BCUT2D eigenvalue weighted by Crippen LogP contribution is -2.10. The fourth-order valence-electron chi connectivity index (χ4n) is 2.16. The summed E-state index contributed by atoms with van der Waals surface area (Å²) in [5.41, 5.74) is 0.756. The number of carbonyl (C=O) groups excluding carboxylic acids is 1. The van der Waals surface area contributed by atoms with E-state index in [9.17, 15) is 4.79 Å². The number of Topliss-reactive ketones (excluding diaryl/α,β-unsaturated/α-hetero) is 1. The van der Waals surface area contributed by atoms with Crippen LogP contribution in [0.1, 0.15) is 37.0 Å². The third-order valence-corrected chi connectivity index (χ3v) is 3.29. The molecule has 2 aromatic rings. The lowest BCUT2D eigenvalue weighted by Gasteiger charge is -2.10. The van der Waals surface area contributed by atoms with Gasteiger partial charge in [0, 0.05) is 11.5 Å². The molecule has 0 aliphatic carbocycles. The zero-order valence-electron chi connectivity index (χ0n) is 12.0. The Morgan fingerprint density at radius 2 is 1.60 bits per heavy atom. The van der Waals surface area contributed by atoms with Crippen molar-refractivity contribution in [3.8, 4) is 11.5 Å².